The van der Waals surface area contributed by atoms with Crippen LogP contribution in [0, 0.1) is 0 Å². The van der Waals surface area contributed by atoms with Crippen LogP contribution in [0.15, 0.2) is 24.8 Å². The summed E-state index contributed by atoms with van der Waals surface area (Å²) in [5, 5.41) is 15.3. The highest BCUT2D eigenvalue weighted by Gasteiger charge is 2.23. The monoisotopic (exact) mass is 329 g/mol. The number of nitrogens with one attached hydrogen (secondary N) is 2. The lowest BCUT2D eigenvalue weighted by atomic mass is 10.1. The molecule has 116 valence electrons. The number of aryl methyl sites for hydroxylation is 1. The molecule has 2 N–H and O–H groups in total. The van der Waals surface area contributed by atoms with E-state index >= 15 is 0 Å². The lowest BCUT2D eigenvalue weighted by molar-refractivity contribution is 0.400. The lowest BCUT2D eigenvalue weighted by Gasteiger charge is -2.03. The second-order valence-electron chi connectivity index (χ2n) is 4.95. The number of halogens is 1. The van der Waals surface area contributed by atoms with Crippen LogP contribution >= 0.6 is 11.6 Å². The van der Waals surface area contributed by atoms with Crippen molar-refractivity contribution in [2.75, 3.05) is 7.11 Å². The third-order valence-corrected chi connectivity index (χ3v) is 3.99. The zero-order valence-corrected chi connectivity index (χ0v) is 13.1. The molecule has 4 heterocycles. The molecule has 9 heteroatoms. The molecule has 0 spiro atoms. The lowest BCUT2D eigenvalue weighted by Crippen LogP contribution is -1.94. The van der Waals surface area contributed by atoms with Crippen LogP contribution in [0.5, 0.6) is 5.88 Å². The first-order valence-corrected chi connectivity index (χ1v) is 7.17. The van der Waals surface area contributed by atoms with Gasteiger partial charge in [0.05, 0.1) is 24.5 Å². The van der Waals surface area contributed by atoms with E-state index in [1.165, 1.54) is 13.4 Å². The molecule has 23 heavy (non-hydrogen) atoms. The van der Waals surface area contributed by atoms with Gasteiger partial charge < -0.3 is 14.3 Å². The fraction of sp³-hybridized carbons (Fsp3) is 0.143. The van der Waals surface area contributed by atoms with Gasteiger partial charge in [-0.15, -0.1) is 10.2 Å². The Morgan fingerprint density at radius 1 is 1.35 bits per heavy atom. The molecule has 0 bridgehead atoms. The average Bonchev–Trinajstić information content (AvgIpc) is 3.27. The van der Waals surface area contributed by atoms with Gasteiger partial charge in [0.1, 0.15) is 16.9 Å². The number of H-pyrrole nitrogens is 2. The first-order valence-electron chi connectivity index (χ1n) is 6.79. The van der Waals surface area contributed by atoms with Gasteiger partial charge in [0.15, 0.2) is 5.82 Å². The summed E-state index contributed by atoms with van der Waals surface area (Å²) in [6.45, 7) is 0. The van der Waals surface area contributed by atoms with Gasteiger partial charge in [-0.1, -0.05) is 11.6 Å². The molecule has 0 aliphatic carbocycles. The zero-order chi connectivity index (χ0) is 16.0. The number of pyridine rings is 1. The highest BCUT2D eigenvalue weighted by Crippen LogP contribution is 2.40. The quantitative estimate of drug-likeness (QED) is 0.601. The molecule has 0 saturated heterocycles. The van der Waals surface area contributed by atoms with E-state index in [1.807, 2.05) is 17.7 Å². The Morgan fingerprint density at radius 2 is 2.22 bits per heavy atom. The van der Waals surface area contributed by atoms with Crippen molar-refractivity contribution in [3.8, 4) is 28.5 Å². The molecule has 4 rings (SSSR count). The molecule has 0 aliphatic heterocycles. The second-order valence-corrected chi connectivity index (χ2v) is 5.36. The number of rotatable bonds is 3. The minimum Gasteiger partial charge on any atom is -0.480 e. The Labute approximate surface area is 135 Å². The first kappa shape index (κ1) is 13.8. The highest BCUT2D eigenvalue weighted by atomic mass is 35.5. The predicted octanol–water partition coefficient (Wildman–Crippen LogP) is 2.41. The maximum Gasteiger partial charge on any atom is 0.233 e. The number of hydrogen-bond acceptors (Lipinski definition) is 5. The van der Waals surface area contributed by atoms with Gasteiger partial charge in [-0.05, 0) is 6.07 Å². The third kappa shape index (κ3) is 1.99. The molecule has 0 unspecified atom stereocenters. The van der Waals surface area contributed by atoms with Gasteiger partial charge in [0, 0.05) is 24.4 Å². The number of aromatic nitrogens is 7. The van der Waals surface area contributed by atoms with E-state index in [0.717, 1.165) is 27.9 Å². The summed E-state index contributed by atoms with van der Waals surface area (Å²) >= 11 is 6.23. The fourth-order valence-electron chi connectivity index (χ4n) is 2.70. The summed E-state index contributed by atoms with van der Waals surface area (Å²) in [7, 11) is 3.46. The SMILES string of the molecule is COc1nc2c(-c3cn[nH]c3)c(-c3nnc[nH]3)n(C)c2cc1Cl. The average molecular weight is 330 g/mol. The Balaban J connectivity index is 2.15. The van der Waals surface area contributed by atoms with Crippen LogP contribution in [-0.4, -0.2) is 42.0 Å². The van der Waals surface area contributed by atoms with Crippen LogP contribution in [0.2, 0.25) is 5.02 Å². The van der Waals surface area contributed by atoms with Crippen LogP contribution in [-0.2, 0) is 7.05 Å². The van der Waals surface area contributed by atoms with E-state index in [9.17, 15) is 0 Å². The van der Waals surface area contributed by atoms with Crippen molar-refractivity contribution in [2.45, 2.75) is 0 Å². The standard InChI is InChI=1S/C14H12ClN7O/c1-22-9-3-8(15)14(23-2)20-11(9)10(7-4-17-18-5-7)12(22)13-16-6-19-21-13/h3-6H,1-2H3,(H,17,18)(H,16,19,21). The predicted molar refractivity (Wildman–Crippen MR) is 85.2 cm³/mol. The largest absolute Gasteiger partial charge is 0.480 e. The molecule has 0 amide bonds. The number of fused-ring (bicyclic) bond motifs is 1. The van der Waals surface area contributed by atoms with Gasteiger partial charge >= 0.3 is 0 Å². The van der Waals surface area contributed by atoms with Crippen molar-refractivity contribution in [3.05, 3.63) is 29.8 Å². The van der Waals surface area contributed by atoms with E-state index in [-0.39, 0.29) is 0 Å². The van der Waals surface area contributed by atoms with E-state index in [0.29, 0.717) is 16.7 Å². The summed E-state index contributed by atoms with van der Waals surface area (Å²) in [5.41, 5.74) is 4.22. The smallest absolute Gasteiger partial charge is 0.233 e. The molecule has 4 aromatic rings. The second kappa shape index (κ2) is 5.10. The van der Waals surface area contributed by atoms with Crippen molar-refractivity contribution in [1.82, 2.24) is 34.9 Å². The van der Waals surface area contributed by atoms with Crippen LogP contribution in [0.4, 0.5) is 0 Å². The molecule has 0 aromatic carbocycles. The van der Waals surface area contributed by atoms with Crippen molar-refractivity contribution in [2.24, 2.45) is 7.05 Å². The highest BCUT2D eigenvalue weighted by molar-refractivity contribution is 6.32. The van der Waals surface area contributed by atoms with Crippen LogP contribution < -0.4 is 4.74 Å². The number of aromatic amines is 2. The minimum atomic E-state index is 0.374. The molecule has 8 nitrogen and oxygen atoms in total. The normalized spacial score (nSPS) is 11.3. The number of ether oxygens (including phenoxy) is 1. The van der Waals surface area contributed by atoms with Gasteiger partial charge in [-0.3, -0.25) is 5.10 Å². The zero-order valence-electron chi connectivity index (χ0n) is 12.3. The summed E-state index contributed by atoms with van der Waals surface area (Å²) in [5.74, 6) is 1.01. The molecular weight excluding hydrogens is 318 g/mol. The molecule has 0 radical (unpaired) electrons. The molecule has 0 saturated carbocycles. The minimum absolute atomic E-state index is 0.374. The van der Waals surface area contributed by atoms with Crippen molar-refractivity contribution < 1.29 is 4.74 Å². The molecule has 4 aromatic heterocycles. The summed E-state index contributed by atoms with van der Waals surface area (Å²) in [4.78, 5) is 7.60. The van der Waals surface area contributed by atoms with Gasteiger partial charge in [-0.25, -0.2) is 4.98 Å². The Morgan fingerprint density at radius 3 is 2.87 bits per heavy atom. The van der Waals surface area contributed by atoms with Crippen LogP contribution in [0.3, 0.4) is 0 Å². The number of nitrogens with zero attached hydrogens (tertiary/aromatic N) is 5. The molecular formula is C14H12ClN7O. The van der Waals surface area contributed by atoms with E-state index in [1.54, 1.807) is 12.4 Å². The molecule has 0 aliphatic rings. The van der Waals surface area contributed by atoms with Gasteiger partial charge in [0.2, 0.25) is 5.88 Å². The Kier molecular flexibility index (Phi) is 3.05. The van der Waals surface area contributed by atoms with Gasteiger partial charge in [-0.2, -0.15) is 5.10 Å². The summed E-state index contributed by atoms with van der Waals surface area (Å²) in [6, 6.07) is 1.83. The van der Waals surface area contributed by atoms with E-state index in [4.69, 9.17) is 16.3 Å². The van der Waals surface area contributed by atoms with Crippen molar-refractivity contribution in [3.63, 3.8) is 0 Å². The maximum absolute atomic E-state index is 6.23. The number of hydrogen-bond donors (Lipinski definition) is 2. The Hall–Kier alpha value is -2.87. The van der Waals surface area contributed by atoms with E-state index in [2.05, 4.69) is 30.4 Å². The van der Waals surface area contributed by atoms with Gasteiger partial charge in [0.25, 0.3) is 0 Å². The van der Waals surface area contributed by atoms with Crippen molar-refractivity contribution >= 4 is 22.6 Å². The first-order chi connectivity index (χ1) is 11.2. The molecule has 0 atom stereocenters. The van der Waals surface area contributed by atoms with Crippen LogP contribution in [0.1, 0.15) is 0 Å². The maximum atomic E-state index is 6.23. The fourth-order valence-corrected chi connectivity index (χ4v) is 2.93. The topological polar surface area (TPSA) is 97.3 Å². The summed E-state index contributed by atoms with van der Waals surface area (Å²) in [6.07, 6.45) is 5.07. The number of methoxy groups -OCH3 is 1. The summed E-state index contributed by atoms with van der Waals surface area (Å²) < 4.78 is 7.22. The van der Waals surface area contributed by atoms with Crippen molar-refractivity contribution in [1.29, 1.82) is 0 Å². The van der Waals surface area contributed by atoms with E-state index < -0.39 is 0 Å². The Bertz CT molecular complexity index is 973. The molecule has 0 fully saturated rings. The third-order valence-electron chi connectivity index (χ3n) is 3.72. The van der Waals surface area contributed by atoms with Crippen LogP contribution in [0.25, 0.3) is 33.7 Å².